The molecule has 3 rings (SSSR count). The number of benzene rings is 1. The smallest absolute Gasteiger partial charge is 0.123 e. The van der Waals surface area contributed by atoms with Crippen LogP contribution in [-0.4, -0.2) is 38.5 Å². The van der Waals surface area contributed by atoms with E-state index in [-0.39, 0.29) is 12.5 Å². The van der Waals surface area contributed by atoms with Crippen LogP contribution in [0.4, 0.5) is 0 Å². The van der Waals surface area contributed by atoms with Crippen molar-refractivity contribution in [2.45, 2.75) is 5.92 Å². The Morgan fingerprint density at radius 1 is 1.44 bits per heavy atom. The standard InChI is InChI=1S/C14H19NO3/c1-17-10-2-3-14-11(4-10)12-6-15-5-9(7-16)13(12)8-18-14/h2-4,9,12-13,15-16H,5-8H2,1H3/t9-,12+,13-/m1/s1. The van der Waals surface area contributed by atoms with Gasteiger partial charge >= 0.3 is 0 Å². The third-order valence-corrected chi connectivity index (χ3v) is 4.18. The molecule has 4 heteroatoms. The average Bonchev–Trinajstić information content (AvgIpc) is 2.45. The highest BCUT2D eigenvalue weighted by atomic mass is 16.5. The Hall–Kier alpha value is -1.26. The van der Waals surface area contributed by atoms with Gasteiger partial charge < -0.3 is 19.9 Å². The van der Waals surface area contributed by atoms with Crippen LogP contribution in [0.5, 0.6) is 11.5 Å². The van der Waals surface area contributed by atoms with Gasteiger partial charge in [0.15, 0.2) is 0 Å². The molecule has 2 aliphatic rings. The van der Waals surface area contributed by atoms with Crippen LogP contribution in [0.15, 0.2) is 18.2 Å². The normalized spacial score (nSPS) is 30.0. The first-order valence-electron chi connectivity index (χ1n) is 6.45. The van der Waals surface area contributed by atoms with E-state index in [4.69, 9.17) is 9.47 Å². The lowest BCUT2D eigenvalue weighted by atomic mass is 9.74. The largest absolute Gasteiger partial charge is 0.497 e. The molecule has 18 heavy (non-hydrogen) atoms. The number of aliphatic hydroxyl groups excluding tert-OH is 1. The molecule has 2 aliphatic heterocycles. The minimum atomic E-state index is 0.219. The van der Waals surface area contributed by atoms with E-state index in [2.05, 4.69) is 11.4 Å². The van der Waals surface area contributed by atoms with Crippen molar-refractivity contribution in [3.8, 4) is 11.5 Å². The summed E-state index contributed by atoms with van der Waals surface area (Å²) >= 11 is 0. The van der Waals surface area contributed by atoms with Crippen LogP contribution >= 0.6 is 0 Å². The van der Waals surface area contributed by atoms with E-state index in [0.717, 1.165) is 24.6 Å². The SMILES string of the molecule is COc1ccc2c(c1)[C@@H]1CNC[C@H](CO)[C@H]1CO2. The Balaban J connectivity index is 1.95. The van der Waals surface area contributed by atoms with Crippen molar-refractivity contribution in [2.24, 2.45) is 11.8 Å². The molecule has 0 amide bonds. The fraction of sp³-hybridized carbons (Fsp3) is 0.571. The van der Waals surface area contributed by atoms with Crippen LogP contribution < -0.4 is 14.8 Å². The summed E-state index contributed by atoms with van der Waals surface area (Å²) in [5.41, 5.74) is 1.20. The number of hydrogen-bond donors (Lipinski definition) is 2. The minimum Gasteiger partial charge on any atom is -0.497 e. The highest BCUT2D eigenvalue weighted by Gasteiger charge is 2.38. The predicted octanol–water partition coefficient (Wildman–Crippen LogP) is 0.999. The molecule has 0 spiro atoms. The van der Waals surface area contributed by atoms with Gasteiger partial charge in [-0.3, -0.25) is 0 Å². The minimum absolute atomic E-state index is 0.219. The van der Waals surface area contributed by atoms with E-state index >= 15 is 0 Å². The van der Waals surface area contributed by atoms with Crippen molar-refractivity contribution in [1.29, 1.82) is 0 Å². The Bertz CT molecular complexity index is 435. The number of hydrogen-bond acceptors (Lipinski definition) is 4. The summed E-state index contributed by atoms with van der Waals surface area (Å²) in [5.74, 6) is 2.91. The number of rotatable bonds is 2. The average molecular weight is 249 g/mol. The first kappa shape index (κ1) is 11.8. The highest BCUT2D eigenvalue weighted by Crippen LogP contribution is 2.42. The van der Waals surface area contributed by atoms with Gasteiger partial charge in [-0.2, -0.15) is 0 Å². The van der Waals surface area contributed by atoms with Gasteiger partial charge in [0.2, 0.25) is 0 Å². The first-order valence-corrected chi connectivity index (χ1v) is 6.45. The van der Waals surface area contributed by atoms with Gasteiger partial charge in [-0.1, -0.05) is 0 Å². The summed E-state index contributed by atoms with van der Waals surface area (Å²) < 4.78 is 11.1. The predicted molar refractivity (Wildman–Crippen MR) is 68.2 cm³/mol. The third kappa shape index (κ3) is 1.85. The number of fused-ring (bicyclic) bond motifs is 3. The Labute approximate surface area is 107 Å². The number of aliphatic hydroxyl groups is 1. The van der Waals surface area contributed by atoms with Crippen LogP contribution in [0.25, 0.3) is 0 Å². The van der Waals surface area contributed by atoms with Crippen LogP contribution in [0, 0.1) is 11.8 Å². The van der Waals surface area contributed by atoms with Crippen molar-refractivity contribution in [1.82, 2.24) is 5.32 Å². The second-order valence-corrected chi connectivity index (χ2v) is 5.09. The molecule has 1 aromatic rings. The topological polar surface area (TPSA) is 50.7 Å². The van der Waals surface area contributed by atoms with Gasteiger partial charge in [-0.05, 0) is 18.2 Å². The summed E-state index contributed by atoms with van der Waals surface area (Å²) in [6, 6.07) is 5.97. The molecule has 1 fully saturated rings. The zero-order chi connectivity index (χ0) is 12.5. The van der Waals surface area contributed by atoms with Crippen molar-refractivity contribution in [3.05, 3.63) is 23.8 Å². The quantitative estimate of drug-likeness (QED) is 0.821. The molecule has 2 N–H and O–H groups in total. The molecule has 0 aromatic heterocycles. The zero-order valence-corrected chi connectivity index (χ0v) is 10.6. The van der Waals surface area contributed by atoms with Crippen molar-refractivity contribution >= 4 is 0 Å². The number of nitrogens with one attached hydrogen (secondary N) is 1. The van der Waals surface area contributed by atoms with Crippen LogP contribution in [0.2, 0.25) is 0 Å². The fourth-order valence-corrected chi connectivity index (χ4v) is 3.11. The van der Waals surface area contributed by atoms with Gasteiger partial charge in [0.25, 0.3) is 0 Å². The maximum atomic E-state index is 9.46. The van der Waals surface area contributed by atoms with Gasteiger partial charge in [0, 0.05) is 43.0 Å². The summed E-state index contributed by atoms with van der Waals surface area (Å²) in [4.78, 5) is 0. The van der Waals surface area contributed by atoms with Crippen molar-refractivity contribution in [3.63, 3.8) is 0 Å². The molecule has 0 bridgehead atoms. The summed E-state index contributed by atoms with van der Waals surface area (Å²) in [6.45, 7) is 2.75. The molecule has 0 aliphatic carbocycles. The molecule has 0 unspecified atom stereocenters. The number of piperidine rings is 1. The lowest BCUT2D eigenvalue weighted by Crippen LogP contribution is -2.47. The summed E-state index contributed by atoms with van der Waals surface area (Å²) in [6.07, 6.45) is 0. The monoisotopic (exact) mass is 249 g/mol. The maximum absolute atomic E-state index is 9.46. The summed E-state index contributed by atoms with van der Waals surface area (Å²) in [5, 5.41) is 12.9. The van der Waals surface area contributed by atoms with Gasteiger partial charge in [-0.25, -0.2) is 0 Å². The van der Waals surface area contributed by atoms with E-state index < -0.39 is 0 Å². The molecule has 0 radical (unpaired) electrons. The number of ether oxygens (including phenoxy) is 2. The molecular formula is C14H19NO3. The number of methoxy groups -OCH3 is 1. The van der Waals surface area contributed by atoms with Crippen LogP contribution in [0.3, 0.4) is 0 Å². The van der Waals surface area contributed by atoms with Gasteiger partial charge in [0.1, 0.15) is 11.5 Å². The molecule has 2 heterocycles. The second-order valence-electron chi connectivity index (χ2n) is 5.09. The van der Waals surface area contributed by atoms with E-state index in [9.17, 15) is 5.11 Å². The van der Waals surface area contributed by atoms with E-state index in [1.807, 2.05) is 12.1 Å². The van der Waals surface area contributed by atoms with E-state index in [1.54, 1.807) is 7.11 Å². The highest BCUT2D eigenvalue weighted by molar-refractivity contribution is 5.44. The van der Waals surface area contributed by atoms with E-state index in [0.29, 0.717) is 18.4 Å². The fourth-order valence-electron chi connectivity index (χ4n) is 3.11. The lowest BCUT2D eigenvalue weighted by molar-refractivity contribution is 0.0738. The van der Waals surface area contributed by atoms with Gasteiger partial charge in [-0.15, -0.1) is 0 Å². The molecule has 3 atom stereocenters. The Kier molecular flexibility index (Phi) is 3.14. The van der Waals surface area contributed by atoms with E-state index in [1.165, 1.54) is 5.56 Å². The molecule has 98 valence electrons. The zero-order valence-electron chi connectivity index (χ0n) is 10.6. The molecule has 0 saturated carbocycles. The summed E-state index contributed by atoms with van der Waals surface area (Å²) in [7, 11) is 1.68. The lowest BCUT2D eigenvalue weighted by Gasteiger charge is -2.41. The maximum Gasteiger partial charge on any atom is 0.123 e. The van der Waals surface area contributed by atoms with Crippen LogP contribution in [0.1, 0.15) is 11.5 Å². The Morgan fingerprint density at radius 3 is 3.11 bits per heavy atom. The van der Waals surface area contributed by atoms with Gasteiger partial charge in [0.05, 0.1) is 13.7 Å². The van der Waals surface area contributed by atoms with Crippen molar-refractivity contribution < 1.29 is 14.6 Å². The Morgan fingerprint density at radius 2 is 2.33 bits per heavy atom. The first-order chi connectivity index (χ1) is 8.83. The molecule has 1 saturated heterocycles. The third-order valence-electron chi connectivity index (χ3n) is 4.18. The molecule has 1 aromatic carbocycles. The van der Waals surface area contributed by atoms with Crippen LogP contribution in [-0.2, 0) is 0 Å². The second kappa shape index (κ2) is 4.78. The molecular weight excluding hydrogens is 230 g/mol. The molecule has 4 nitrogen and oxygen atoms in total. The van der Waals surface area contributed by atoms with Crippen molar-refractivity contribution in [2.75, 3.05) is 33.4 Å².